The predicted molar refractivity (Wildman–Crippen MR) is 97.3 cm³/mol. The Balaban J connectivity index is 1.33. The molecule has 0 aliphatic carbocycles. The van der Waals surface area contributed by atoms with Gasteiger partial charge in [0.05, 0.1) is 13.4 Å². The Morgan fingerprint density at radius 2 is 2.26 bits per heavy atom. The van der Waals surface area contributed by atoms with E-state index in [0.29, 0.717) is 43.4 Å². The lowest BCUT2D eigenvalue weighted by Crippen LogP contribution is -2.28. The topological polar surface area (TPSA) is 81.6 Å². The molecule has 1 atom stereocenters. The summed E-state index contributed by atoms with van der Waals surface area (Å²) in [6.07, 6.45) is 3.57. The van der Waals surface area contributed by atoms with E-state index in [1.807, 2.05) is 29.2 Å². The fourth-order valence-corrected chi connectivity index (χ4v) is 3.34. The number of furan rings is 1. The number of rotatable bonds is 6. The summed E-state index contributed by atoms with van der Waals surface area (Å²) in [6.45, 7) is 1.33. The summed E-state index contributed by atoms with van der Waals surface area (Å²) in [5.74, 6) is 2.61. The van der Waals surface area contributed by atoms with Gasteiger partial charge in [0.15, 0.2) is 11.6 Å². The maximum absolute atomic E-state index is 12.6. The van der Waals surface area contributed by atoms with Gasteiger partial charge in [0, 0.05) is 25.4 Å². The largest absolute Gasteiger partial charge is 0.497 e. The average molecular weight is 367 g/mol. The molecule has 0 bridgehead atoms. The summed E-state index contributed by atoms with van der Waals surface area (Å²) in [4.78, 5) is 18.9. The van der Waals surface area contributed by atoms with E-state index < -0.39 is 0 Å². The van der Waals surface area contributed by atoms with Crippen molar-refractivity contribution in [2.75, 3.05) is 20.2 Å². The molecule has 2 aromatic heterocycles. The van der Waals surface area contributed by atoms with Gasteiger partial charge in [0.2, 0.25) is 5.91 Å². The molecule has 7 heteroatoms. The van der Waals surface area contributed by atoms with Crippen LogP contribution in [0.1, 0.15) is 30.1 Å². The van der Waals surface area contributed by atoms with E-state index in [-0.39, 0.29) is 11.8 Å². The van der Waals surface area contributed by atoms with E-state index in [1.165, 1.54) is 0 Å². The second-order valence-corrected chi connectivity index (χ2v) is 6.61. The van der Waals surface area contributed by atoms with E-state index in [1.54, 1.807) is 25.5 Å². The third-order valence-electron chi connectivity index (χ3n) is 4.84. The number of aromatic nitrogens is 2. The van der Waals surface area contributed by atoms with Gasteiger partial charge >= 0.3 is 0 Å². The Hall–Kier alpha value is -3.09. The number of hydrogen-bond acceptors (Lipinski definition) is 6. The molecule has 7 nitrogen and oxygen atoms in total. The van der Waals surface area contributed by atoms with Crippen LogP contribution in [0, 0.1) is 0 Å². The minimum atomic E-state index is 0.0956. The van der Waals surface area contributed by atoms with E-state index >= 15 is 0 Å². The summed E-state index contributed by atoms with van der Waals surface area (Å²) in [7, 11) is 1.64. The van der Waals surface area contributed by atoms with Crippen LogP contribution in [-0.4, -0.2) is 41.1 Å². The van der Waals surface area contributed by atoms with Gasteiger partial charge in [-0.25, -0.2) is 0 Å². The van der Waals surface area contributed by atoms with Crippen molar-refractivity contribution >= 4 is 5.91 Å². The molecule has 1 fully saturated rings. The molecule has 1 aromatic carbocycles. The van der Waals surface area contributed by atoms with Gasteiger partial charge in [0.1, 0.15) is 5.75 Å². The molecule has 1 unspecified atom stereocenters. The van der Waals surface area contributed by atoms with Crippen LogP contribution < -0.4 is 4.74 Å². The molecular formula is C20H21N3O4. The number of aryl methyl sites for hydroxylation is 1. The molecular weight excluding hydrogens is 346 g/mol. The fourth-order valence-electron chi connectivity index (χ4n) is 3.34. The quantitative estimate of drug-likeness (QED) is 0.665. The number of benzene rings is 1. The average Bonchev–Trinajstić information content (AvgIpc) is 3.46. The first kappa shape index (κ1) is 17.3. The zero-order valence-corrected chi connectivity index (χ0v) is 15.1. The SMILES string of the molecule is COc1cccc(CCC(=O)N2CCC(c3noc(-c4ccco4)n3)C2)c1. The minimum absolute atomic E-state index is 0.0956. The number of ether oxygens (including phenoxy) is 1. The van der Waals surface area contributed by atoms with Gasteiger partial charge < -0.3 is 18.6 Å². The Kier molecular flexibility index (Phi) is 4.91. The van der Waals surface area contributed by atoms with Crippen LogP contribution in [0.5, 0.6) is 5.75 Å². The summed E-state index contributed by atoms with van der Waals surface area (Å²) in [6, 6.07) is 11.4. The number of nitrogens with zero attached hydrogens (tertiary/aromatic N) is 3. The monoisotopic (exact) mass is 367 g/mol. The number of carbonyl (C=O) groups is 1. The molecule has 0 spiro atoms. The zero-order chi connectivity index (χ0) is 18.6. The number of carbonyl (C=O) groups excluding carboxylic acids is 1. The van der Waals surface area contributed by atoms with Crippen molar-refractivity contribution < 1.29 is 18.5 Å². The highest BCUT2D eigenvalue weighted by molar-refractivity contribution is 5.76. The van der Waals surface area contributed by atoms with Crippen LogP contribution >= 0.6 is 0 Å². The summed E-state index contributed by atoms with van der Waals surface area (Å²) in [5.41, 5.74) is 1.10. The lowest BCUT2D eigenvalue weighted by molar-refractivity contribution is -0.130. The first-order valence-electron chi connectivity index (χ1n) is 9.01. The van der Waals surface area contributed by atoms with E-state index in [9.17, 15) is 4.79 Å². The fraction of sp³-hybridized carbons (Fsp3) is 0.350. The maximum atomic E-state index is 12.6. The standard InChI is InChI=1S/C20H21N3O4/c1-25-16-5-2-4-14(12-16)7-8-18(24)23-10-9-15(13-23)19-21-20(27-22-19)17-6-3-11-26-17/h2-6,11-12,15H,7-10,13H2,1H3. The molecule has 0 radical (unpaired) electrons. The maximum Gasteiger partial charge on any atom is 0.293 e. The molecule has 0 saturated carbocycles. The van der Waals surface area contributed by atoms with Gasteiger partial charge in [-0.3, -0.25) is 4.79 Å². The second-order valence-electron chi connectivity index (χ2n) is 6.61. The van der Waals surface area contributed by atoms with Crippen molar-refractivity contribution in [3.05, 3.63) is 54.0 Å². The highest BCUT2D eigenvalue weighted by Gasteiger charge is 2.30. The predicted octanol–water partition coefficient (Wildman–Crippen LogP) is 3.29. The van der Waals surface area contributed by atoms with Gasteiger partial charge in [-0.2, -0.15) is 4.98 Å². The van der Waals surface area contributed by atoms with Gasteiger partial charge in [0.25, 0.3) is 5.89 Å². The normalized spacial score (nSPS) is 16.6. The van der Waals surface area contributed by atoms with Gasteiger partial charge in [-0.1, -0.05) is 17.3 Å². The van der Waals surface area contributed by atoms with E-state index in [0.717, 1.165) is 17.7 Å². The Bertz CT molecular complexity index is 904. The number of hydrogen-bond donors (Lipinski definition) is 0. The molecule has 1 amide bonds. The molecule has 1 aliphatic rings. The molecule has 27 heavy (non-hydrogen) atoms. The summed E-state index contributed by atoms with van der Waals surface area (Å²) in [5, 5.41) is 4.06. The van der Waals surface area contributed by atoms with E-state index in [2.05, 4.69) is 10.1 Å². The molecule has 0 N–H and O–H groups in total. The van der Waals surface area contributed by atoms with Crippen molar-refractivity contribution in [3.63, 3.8) is 0 Å². The van der Waals surface area contributed by atoms with Crippen molar-refractivity contribution in [1.29, 1.82) is 0 Å². The van der Waals surface area contributed by atoms with Gasteiger partial charge in [-0.15, -0.1) is 0 Å². The van der Waals surface area contributed by atoms with Crippen LogP contribution in [-0.2, 0) is 11.2 Å². The van der Waals surface area contributed by atoms with Gasteiger partial charge in [-0.05, 0) is 42.7 Å². The Labute approximate surface area is 156 Å². The molecule has 1 aliphatic heterocycles. The van der Waals surface area contributed by atoms with E-state index in [4.69, 9.17) is 13.7 Å². The molecule has 1 saturated heterocycles. The zero-order valence-electron chi connectivity index (χ0n) is 15.1. The first-order valence-corrected chi connectivity index (χ1v) is 9.01. The van der Waals surface area contributed by atoms with Crippen molar-refractivity contribution in [2.24, 2.45) is 0 Å². The number of methoxy groups -OCH3 is 1. The Morgan fingerprint density at radius 1 is 1.33 bits per heavy atom. The number of likely N-dealkylation sites (tertiary alicyclic amines) is 1. The lowest BCUT2D eigenvalue weighted by Gasteiger charge is -2.16. The van der Waals surface area contributed by atoms with Crippen molar-refractivity contribution in [2.45, 2.75) is 25.2 Å². The summed E-state index contributed by atoms with van der Waals surface area (Å²) < 4.78 is 15.8. The number of amides is 1. The van der Waals surface area contributed by atoms with Crippen LogP contribution in [0.4, 0.5) is 0 Å². The minimum Gasteiger partial charge on any atom is -0.497 e. The molecule has 3 aromatic rings. The molecule has 3 heterocycles. The van der Waals surface area contributed by atoms with Crippen LogP contribution in [0.25, 0.3) is 11.7 Å². The Morgan fingerprint density at radius 3 is 3.07 bits per heavy atom. The van der Waals surface area contributed by atoms with Crippen molar-refractivity contribution in [1.82, 2.24) is 15.0 Å². The van der Waals surface area contributed by atoms with Crippen LogP contribution in [0.3, 0.4) is 0 Å². The smallest absolute Gasteiger partial charge is 0.293 e. The third kappa shape index (κ3) is 3.86. The lowest BCUT2D eigenvalue weighted by atomic mass is 10.1. The summed E-state index contributed by atoms with van der Waals surface area (Å²) >= 11 is 0. The molecule has 4 rings (SSSR count). The first-order chi connectivity index (χ1) is 13.2. The third-order valence-corrected chi connectivity index (χ3v) is 4.84. The second kappa shape index (κ2) is 7.65. The molecule has 140 valence electrons. The highest BCUT2D eigenvalue weighted by Crippen LogP contribution is 2.28. The van der Waals surface area contributed by atoms with Crippen molar-refractivity contribution in [3.8, 4) is 17.4 Å². The highest BCUT2D eigenvalue weighted by atomic mass is 16.5. The van der Waals surface area contributed by atoms with Crippen LogP contribution in [0.15, 0.2) is 51.6 Å². The van der Waals surface area contributed by atoms with Crippen LogP contribution in [0.2, 0.25) is 0 Å².